The first-order chi connectivity index (χ1) is 30.9. The van der Waals surface area contributed by atoms with Gasteiger partial charge in [-0.25, -0.2) is 0 Å². The number of likely N-dealkylation sites (N-methyl/N-ethyl adjacent to an activating group) is 1. The normalized spacial score (nSPS) is 14.9. The lowest BCUT2D eigenvalue weighted by Crippen LogP contribution is -2.37. The summed E-state index contributed by atoms with van der Waals surface area (Å²) < 4.78 is 33.8. The Morgan fingerprint density at radius 2 is 1.12 bits per heavy atom. The summed E-state index contributed by atoms with van der Waals surface area (Å²) in [6, 6.07) is 0. The minimum absolute atomic E-state index is 0.0603. The van der Waals surface area contributed by atoms with Crippen LogP contribution in [0.1, 0.15) is 155 Å². The van der Waals surface area contributed by atoms with Gasteiger partial charge in [0.2, 0.25) is 0 Å². The molecule has 0 aromatic heterocycles. The molecule has 0 fully saturated rings. The van der Waals surface area contributed by atoms with Crippen LogP contribution in [0.15, 0.2) is 109 Å². The van der Waals surface area contributed by atoms with Gasteiger partial charge < -0.3 is 33.0 Å². The number of quaternary nitrogens is 1. The van der Waals surface area contributed by atoms with Crippen molar-refractivity contribution in [3.8, 4) is 0 Å². The second-order valence-corrected chi connectivity index (χ2v) is 18.3. The van der Waals surface area contributed by atoms with Crippen LogP contribution in [-0.2, 0) is 32.7 Å². The Labute approximate surface area is 389 Å². The number of ether oxygens (including phenoxy) is 2. The Bertz CT molecular complexity index is 1470. The minimum Gasteiger partial charge on any atom is -0.756 e. The third kappa shape index (κ3) is 46.6. The van der Waals surface area contributed by atoms with Gasteiger partial charge in [0.05, 0.1) is 33.9 Å². The van der Waals surface area contributed by atoms with E-state index in [4.69, 9.17) is 18.5 Å². The van der Waals surface area contributed by atoms with Gasteiger partial charge in [-0.3, -0.25) is 14.2 Å². The lowest BCUT2D eigenvalue weighted by atomic mass is 10.1. The fourth-order valence-corrected chi connectivity index (χ4v) is 6.56. The number of allylic oxidation sites excluding steroid dienone is 16. The van der Waals surface area contributed by atoms with Gasteiger partial charge in [-0.15, -0.1) is 0 Å². The molecule has 364 valence electrons. The van der Waals surface area contributed by atoms with Crippen molar-refractivity contribution >= 4 is 19.8 Å². The maximum Gasteiger partial charge on any atom is 0.306 e. The molecule has 0 aromatic carbocycles. The number of phosphoric acid groups is 1. The summed E-state index contributed by atoms with van der Waals surface area (Å²) >= 11 is 0. The Morgan fingerprint density at radius 3 is 1.70 bits per heavy atom. The molecule has 0 aromatic rings. The summed E-state index contributed by atoms with van der Waals surface area (Å²) in [5, 5.41) is 9.86. The molecule has 0 spiro atoms. The number of aliphatic hydroxyl groups is 1. The summed E-state index contributed by atoms with van der Waals surface area (Å²) in [6.45, 7) is 3.86. The molecular weight excluding hydrogens is 826 g/mol. The van der Waals surface area contributed by atoms with E-state index in [0.717, 1.165) is 77.0 Å². The third-order valence-electron chi connectivity index (χ3n) is 9.62. The number of rotatable bonds is 42. The second-order valence-electron chi connectivity index (χ2n) is 16.9. The van der Waals surface area contributed by atoms with Crippen molar-refractivity contribution in [3.05, 3.63) is 109 Å². The average Bonchev–Trinajstić information content (AvgIpc) is 3.24. The van der Waals surface area contributed by atoms with Crippen LogP contribution in [-0.4, -0.2) is 81.2 Å². The standard InChI is InChI=1S/C53H88NO9P/c1-6-8-10-11-12-13-14-15-16-17-18-19-20-21-24-27-30-33-36-40-44-52(56)60-48-51(49-62-64(58,59)61-47-46-54(3,4)5)63-53(57)45-41-37-34-31-28-25-22-23-26-29-32-35-39-43-50(55)42-38-9-7-2/h9,13-14,16-17,19-20,23,25-26,28,32,34-35,37-39,43,50-51,55H,6-8,10-12,15,18,21-22,24,27,29-31,33,36,40-42,44-49H2,1-5H3/b14-13-,17-16-,20-19-,26-23-,28-25-,35-32+,37-34-,38-9-,43-39+/t50?,51-/m1/s1. The molecule has 0 bridgehead atoms. The first-order valence-corrected chi connectivity index (χ1v) is 25.7. The van der Waals surface area contributed by atoms with E-state index in [1.165, 1.54) is 32.1 Å². The third-order valence-corrected chi connectivity index (χ3v) is 10.6. The van der Waals surface area contributed by atoms with Crippen LogP contribution in [0, 0.1) is 0 Å². The lowest BCUT2D eigenvalue weighted by molar-refractivity contribution is -0.870. The Balaban J connectivity index is 4.50. The van der Waals surface area contributed by atoms with Gasteiger partial charge in [-0.2, -0.15) is 0 Å². The number of carbonyl (C=O) groups excluding carboxylic acids is 2. The molecule has 64 heavy (non-hydrogen) atoms. The molecule has 0 rings (SSSR count). The van der Waals surface area contributed by atoms with Crippen molar-refractivity contribution < 1.29 is 47.2 Å². The number of unbranched alkanes of at least 4 members (excludes halogenated alkanes) is 10. The van der Waals surface area contributed by atoms with Gasteiger partial charge in [-0.05, 0) is 83.5 Å². The highest BCUT2D eigenvalue weighted by molar-refractivity contribution is 7.45. The predicted molar refractivity (Wildman–Crippen MR) is 264 cm³/mol. The fraction of sp³-hybridized carbons (Fsp3) is 0.623. The van der Waals surface area contributed by atoms with Gasteiger partial charge in [0, 0.05) is 12.8 Å². The highest BCUT2D eigenvalue weighted by atomic mass is 31.2. The Hall–Kier alpha value is -3.37. The van der Waals surface area contributed by atoms with Crippen LogP contribution in [0.4, 0.5) is 0 Å². The van der Waals surface area contributed by atoms with Crippen LogP contribution < -0.4 is 4.89 Å². The molecule has 0 amide bonds. The van der Waals surface area contributed by atoms with Crippen molar-refractivity contribution in [2.75, 3.05) is 47.5 Å². The zero-order chi connectivity index (χ0) is 47.3. The smallest absolute Gasteiger partial charge is 0.306 e. The maximum atomic E-state index is 12.7. The number of hydrogen-bond donors (Lipinski definition) is 1. The average molecular weight is 914 g/mol. The number of carbonyl (C=O) groups is 2. The number of phosphoric ester groups is 1. The molecule has 0 aliphatic heterocycles. The first-order valence-electron chi connectivity index (χ1n) is 24.2. The van der Waals surface area contributed by atoms with E-state index in [2.05, 4.69) is 74.6 Å². The zero-order valence-electron chi connectivity index (χ0n) is 40.5. The van der Waals surface area contributed by atoms with Gasteiger partial charge in [0.15, 0.2) is 6.10 Å². The van der Waals surface area contributed by atoms with Crippen LogP contribution in [0.3, 0.4) is 0 Å². The highest BCUT2D eigenvalue weighted by Crippen LogP contribution is 2.38. The van der Waals surface area contributed by atoms with E-state index in [1.54, 1.807) is 6.08 Å². The molecule has 1 N–H and O–H groups in total. The highest BCUT2D eigenvalue weighted by Gasteiger charge is 2.21. The molecule has 3 atom stereocenters. The van der Waals surface area contributed by atoms with E-state index in [0.29, 0.717) is 30.3 Å². The molecule has 10 nitrogen and oxygen atoms in total. The summed E-state index contributed by atoms with van der Waals surface area (Å²) in [5.74, 6) is -0.979. The van der Waals surface area contributed by atoms with E-state index < -0.39 is 38.6 Å². The van der Waals surface area contributed by atoms with Gasteiger partial charge in [0.25, 0.3) is 7.82 Å². The Kier molecular flexibility index (Phi) is 41.2. The molecule has 0 heterocycles. The molecule has 0 aliphatic carbocycles. The molecule has 0 aliphatic rings. The summed E-state index contributed by atoms with van der Waals surface area (Å²) in [7, 11) is 1.07. The second kappa shape index (κ2) is 43.5. The monoisotopic (exact) mass is 914 g/mol. The molecule has 0 saturated heterocycles. The topological polar surface area (TPSA) is 131 Å². The van der Waals surface area contributed by atoms with Crippen LogP contribution >= 0.6 is 7.82 Å². The largest absolute Gasteiger partial charge is 0.756 e. The maximum absolute atomic E-state index is 12.7. The van der Waals surface area contributed by atoms with Crippen molar-refractivity contribution in [3.63, 3.8) is 0 Å². The lowest BCUT2D eigenvalue weighted by Gasteiger charge is -2.28. The zero-order valence-corrected chi connectivity index (χ0v) is 41.4. The molecule has 0 saturated carbocycles. The SMILES string of the molecule is CC/C=C\CC(O)/C=C/C=C/C/C=C\C/C=C\C/C=C\CCC(=O)O[C@H](COC(=O)CCCCCCCC/C=C\C/C=C\C/C=C\CCCCCC)COP(=O)([O-])OCC[N+](C)(C)C. The summed E-state index contributed by atoms with van der Waals surface area (Å²) in [5.41, 5.74) is 0. The van der Waals surface area contributed by atoms with Gasteiger partial charge in [-0.1, -0.05) is 168 Å². The molecule has 11 heteroatoms. The number of hydrogen-bond acceptors (Lipinski definition) is 9. The quantitative estimate of drug-likeness (QED) is 0.0159. The van der Waals surface area contributed by atoms with Crippen molar-refractivity contribution in [1.82, 2.24) is 0 Å². The number of nitrogens with zero attached hydrogens (tertiary/aromatic N) is 1. The number of aliphatic hydroxyl groups excluding tert-OH is 1. The Morgan fingerprint density at radius 1 is 0.594 bits per heavy atom. The van der Waals surface area contributed by atoms with Crippen LogP contribution in [0.5, 0.6) is 0 Å². The summed E-state index contributed by atoms with van der Waals surface area (Å²) in [4.78, 5) is 37.6. The predicted octanol–water partition coefficient (Wildman–Crippen LogP) is 12.6. The molecular formula is C53H88NO9P. The van der Waals surface area contributed by atoms with Gasteiger partial charge >= 0.3 is 11.9 Å². The minimum atomic E-state index is -4.67. The number of esters is 2. The van der Waals surface area contributed by atoms with Crippen LogP contribution in [0.2, 0.25) is 0 Å². The van der Waals surface area contributed by atoms with Crippen molar-refractivity contribution in [2.45, 2.75) is 167 Å². The van der Waals surface area contributed by atoms with Crippen LogP contribution in [0.25, 0.3) is 0 Å². The van der Waals surface area contributed by atoms with Crippen molar-refractivity contribution in [2.24, 2.45) is 0 Å². The van der Waals surface area contributed by atoms with E-state index in [-0.39, 0.29) is 26.1 Å². The van der Waals surface area contributed by atoms with Crippen molar-refractivity contribution in [1.29, 1.82) is 0 Å². The fourth-order valence-electron chi connectivity index (χ4n) is 5.83. The van der Waals surface area contributed by atoms with Gasteiger partial charge in [0.1, 0.15) is 19.8 Å². The van der Waals surface area contributed by atoms with E-state index in [1.807, 2.05) is 63.7 Å². The molecule has 2 unspecified atom stereocenters. The van der Waals surface area contributed by atoms with E-state index in [9.17, 15) is 24.2 Å². The molecule has 0 radical (unpaired) electrons. The first kappa shape index (κ1) is 60.6. The summed E-state index contributed by atoms with van der Waals surface area (Å²) in [6.07, 6.45) is 56.0. The van der Waals surface area contributed by atoms with E-state index >= 15 is 0 Å².